The highest BCUT2D eigenvalue weighted by molar-refractivity contribution is 5.76. The molecule has 6 nitrogen and oxygen atoms in total. The minimum Gasteiger partial charge on any atom is -0.466 e. The van der Waals surface area contributed by atoms with Crippen molar-refractivity contribution in [3.63, 3.8) is 0 Å². The van der Waals surface area contributed by atoms with Crippen molar-refractivity contribution in [3.05, 3.63) is 48.6 Å². The van der Waals surface area contributed by atoms with Crippen LogP contribution in [0.4, 0.5) is 0 Å². The molecule has 0 saturated carbocycles. The summed E-state index contributed by atoms with van der Waals surface area (Å²) in [6, 6.07) is -0.541. The largest absolute Gasteiger partial charge is 0.466 e. The molecule has 0 rings (SSSR count). The van der Waals surface area contributed by atoms with Crippen molar-refractivity contribution in [3.8, 4) is 0 Å². The third kappa shape index (κ3) is 76.8. The summed E-state index contributed by atoms with van der Waals surface area (Å²) in [7, 11) is 0. The Kier molecular flexibility index (Phi) is 79.3. The second kappa shape index (κ2) is 81.2. The van der Waals surface area contributed by atoms with Crippen LogP contribution in [0.2, 0.25) is 0 Å². The summed E-state index contributed by atoms with van der Waals surface area (Å²) in [6.45, 7) is 4.98. The van der Waals surface area contributed by atoms with Crippen LogP contribution in [0.25, 0.3) is 0 Å². The normalized spacial score (nSPS) is 12.7. The van der Waals surface area contributed by atoms with Crippen molar-refractivity contribution in [2.24, 2.45) is 0 Å². The van der Waals surface area contributed by atoms with Crippen molar-refractivity contribution in [2.45, 2.75) is 475 Å². The Morgan fingerprint density at radius 1 is 0.304 bits per heavy atom. The van der Waals surface area contributed by atoms with Gasteiger partial charge >= 0.3 is 5.97 Å². The number of carbonyl (C=O) groups is 2. The van der Waals surface area contributed by atoms with Gasteiger partial charge in [-0.15, -0.1) is 0 Å². The van der Waals surface area contributed by atoms with Crippen molar-refractivity contribution in [1.82, 2.24) is 5.32 Å². The Hall–Kier alpha value is -2.18. The molecule has 0 aromatic heterocycles. The molecular weight excluding hydrogens is 1130 g/mol. The van der Waals surface area contributed by atoms with E-state index in [0.717, 1.165) is 57.8 Å². The van der Waals surface area contributed by atoms with Gasteiger partial charge in [-0.3, -0.25) is 9.59 Å². The van der Waals surface area contributed by atoms with Crippen LogP contribution < -0.4 is 5.32 Å². The van der Waals surface area contributed by atoms with Crippen LogP contribution in [0.15, 0.2) is 48.6 Å². The zero-order chi connectivity index (χ0) is 66.3. The number of ether oxygens (including phenoxy) is 1. The molecule has 0 radical (unpaired) electrons. The molecule has 92 heavy (non-hydrogen) atoms. The van der Waals surface area contributed by atoms with E-state index < -0.39 is 12.1 Å². The lowest BCUT2D eigenvalue weighted by atomic mass is 10.0. The molecule has 0 aliphatic rings. The smallest absolute Gasteiger partial charge is 0.305 e. The standard InChI is InChI=1S/C86H163NO5/c1-3-5-7-9-11-13-15-17-19-21-23-43-46-50-54-58-62-66-70-74-78-84(89)83(82-88)87-85(90)79-75-71-67-63-59-55-51-47-44-41-39-37-35-33-31-29-27-25-24-26-28-30-32-34-36-38-40-42-45-49-53-57-61-65-69-73-77-81-92-86(91)80-76-72-68-64-60-56-52-48-22-20-18-16-14-12-10-8-6-4-2/h14,16,20,22,24,26,30,32,83-84,88-89H,3-13,15,17-19,21,23,25,27-29,31,33-82H2,1-2H3,(H,87,90)/b16-14-,22-20-,26-24-,32-30-. The maximum absolute atomic E-state index is 12.6. The highest BCUT2D eigenvalue weighted by Crippen LogP contribution is 2.20. The number of hydrogen-bond donors (Lipinski definition) is 3. The van der Waals surface area contributed by atoms with Crippen LogP contribution in [0.3, 0.4) is 0 Å². The van der Waals surface area contributed by atoms with Gasteiger partial charge in [0, 0.05) is 12.8 Å². The van der Waals surface area contributed by atoms with Crippen molar-refractivity contribution in [2.75, 3.05) is 13.2 Å². The summed E-state index contributed by atoms with van der Waals surface area (Å²) in [5.74, 6) is -0.0155. The number of amides is 1. The van der Waals surface area contributed by atoms with E-state index in [9.17, 15) is 19.8 Å². The molecule has 0 aliphatic carbocycles. The SMILES string of the molecule is CCCCCC/C=C\C/C=C\CCCCCCCCCC(=O)OCCCCCCCCCCCCCCC/C=C\C/C=C\CCCCCCCCCCCCCCCCCCCC(=O)NC(CO)C(O)CCCCCCCCCCCCCCCCCCCCCC. The lowest BCUT2D eigenvalue weighted by molar-refractivity contribution is -0.143. The molecule has 0 aliphatic heterocycles. The molecule has 0 spiro atoms. The van der Waals surface area contributed by atoms with Gasteiger partial charge in [0.25, 0.3) is 0 Å². The van der Waals surface area contributed by atoms with E-state index in [1.165, 1.54) is 372 Å². The van der Waals surface area contributed by atoms with Crippen LogP contribution in [0.1, 0.15) is 463 Å². The summed E-state index contributed by atoms with van der Waals surface area (Å²) in [6.07, 6.45) is 108. The molecule has 2 unspecified atom stereocenters. The average molecular weight is 1290 g/mol. The zero-order valence-electron chi connectivity index (χ0n) is 62.3. The molecule has 0 fully saturated rings. The van der Waals surface area contributed by atoms with E-state index >= 15 is 0 Å². The van der Waals surface area contributed by atoms with Gasteiger partial charge in [-0.05, 0) is 89.9 Å². The molecule has 3 N–H and O–H groups in total. The van der Waals surface area contributed by atoms with E-state index in [4.69, 9.17) is 4.74 Å². The Bertz CT molecular complexity index is 1540. The highest BCUT2D eigenvalue weighted by atomic mass is 16.5. The first-order chi connectivity index (χ1) is 45.5. The number of aliphatic hydroxyl groups excluding tert-OH is 2. The average Bonchev–Trinajstić information content (AvgIpc) is 3.77. The van der Waals surface area contributed by atoms with E-state index in [1.54, 1.807) is 0 Å². The Morgan fingerprint density at radius 3 is 0.837 bits per heavy atom. The fraction of sp³-hybridized carbons (Fsp3) is 0.884. The molecule has 0 heterocycles. The van der Waals surface area contributed by atoms with Crippen LogP contribution in [-0.4, -0.2) is 47.4 Å². The van der Waals surface area contributed by atoms with Gasteiger partial charge in [-0.1, -0.05) is 409 Å². The van der Waals surface area contributed by atoms with Gasteiger partial charge in [0.15, 0.2) is 0 Å². The number of carbonyl (C=O) groups excluding carboxylic acids is 2. The minimum atomic E-state index is -0.664. The second-order valence-electron chi connectivity index (χ2n) is 28.8. The zero-order valence-corrected chi connectivity index (χ0v) is 62.3. The van der Waals surface area contributed by atoms with Crippen molar-refractivity contribution >= 4 is 11.9 Å². The first kappa shape index (κ1) is 89.8. The second-order valence-corrected chi connectivity index (χ2v) is 28.8. The van der Waals surface area contributed by atoms with Crippen LogP contribution in [-0.2, 0) is 14.3 Å². The minimum absolute atomic E-state index is 0.0120. The maximum atomic E-state index is 12.6. The van der Waals surface area contributed by atoms with Gasteiger partial charge in [-0.2, -0.15) is 0 Å². The fourth-order valence-corrected chi connectivity index (χ4v) is 13.2. The predicted octanol–water partition coefficient (Wildman–Crippen LogP) is 27.9. The van der Waals surface area contributed by atoms with Gasteiger partial charge in [-0.25, -0.2) is 0 Å². The Morgan fingerprint density at radius 2 is 0.543 bits per heavy atom. The summed E-state index contributed by atoms with van der Waals surface area (Å²) < 4.78 is 5.51. The topological polar surface area (TPSA) is 95.9 Å². The van der Waals surface area contributed by atoms with Crippen LogP contribution >= 0.6 is 0 Å². The van der Waals surface area contributed by atoms with E-state index in [2.05, 4.69) is 67.8 Å². The highest BCUT2D eigenvalue weighted by Gasteiger charge is 2.20. The Balaban J connectivity index is 3.36. The molecule has 0 bridgehead atoms. The number of esters is 1. The molecule has 0 aromatic carbocycles. The molecule has 0 aromatic rings. The summed E-state index contributed by atoms with van der Waals surface area (Å²) in [5, 5.41) is 23.5. The van der Waals surface area contributed by atoms with Gasteiger partial charge in [0.05, 0.1) is 25.4 Å². The number of hydrogen-bond acceptors (Lipinski definition) is 5. The number of aliphatic hydroxyl groups is 2. The van der Waals surface area contributed by atoms with E-state index in [0.29, 0.717) is 25.9 Å². The molecule has 542 valence electrons. The number of rotatable bonds is 79. The quantitative estimate of drug-likeness (QED) is 0.0320. The van der Waals surface area contributed by atoms with E-state index in [1.807, 2.05) is 0 Å². The lowest BCUT2D eigenvalue weighted by Gasteiger charge is -2.22. The van der Waals surface area contributed by atoms with Crippen molar-refractivity contribution in [1.29, 1.82) is 0 Å². The van der Waals surface area contributed by atoms with Gasteiger partial charge in [0.1, 0.15) is 0 Å². The summed E-state index contributed by atoms with van der Waals surface area (Å²) in [4.78, 5) is 24.7. The first-order valence-electron chi connectivity index (χ1n) is 41.9. The Labute approximate surface area is 576 Å². The van der Waals surface area contributed by atoms with Gasteiger partial charge < -0.3 is 20.3 Å². The molecule has 2 atom stereocenters. The number of allylic oxidation sites excluding steroid dienone is 8. The maximum Gasteiger partial charge on any atom is 0.305 e. The predicted molar refractivity (Wildman–Crippen MR) is 407 cm³/mol. The van der Waals surface area contributed by atoms with Gasteiger partial charge in [0.2, 0.25) is 5.91 Å². The molecule has 6 heteroatoms. The fourth-order valence-electron chi connectivity index (χ4n) is 13.2. The first-order valence-corrected chi connectivity index (χ1v) is 41.9. The molecule has 0 saturated heterocycles. The lowest BCUT2D eigenvalue weighted by Crippen LogP contribution is -2.45. The van der Waals surface area contributed by atoms with Crippen LogP contribution in [0, 0.1) is 0 Å². The summed E-state index contributed by atoms with van der Waals surface area (Å²) in [5.41, 5.74) is 0. The third-order valence-corrected chi connectivity index (χ3v) is 19.6. The number of nitrogens with one attached hydrogen (secondary N) is 1. The summed E-state index contributed by atoms with van der Waals surface area (Å²) >= 11 is 0. The monoisotopic (exact) mass is 1290 g/mol. The number of unbranched alkanes of at least 4 members (excludes halogenated alkanes) is 60. The van der Waals surface area contributed by atoms with E-state index in [-0.39, 0.29) is 18.5 Å². The molecule has 1 amide bonds. The third-order valence-electron chi connectivity index (χ3n) is 19.6. The van der Waals surface area contributed by atoms with Crippen molar-refractivity contribution < 1.29 is 24.5 Å². The van der Waals surface area contributed by atoms with Crippen LogP contribution in [0.5, 0.6) is 0 Å². The molecular formula is C86H163NO5.